The zero-order valence-electron chi connectivity index (χ0n) is 11.3. The van der Waals surface area contributed by atoms with E-state index in [1.54, 1.807) is 0 Å². The SMILES string of the molecule is Cc1nc2ccccc2n1CCC(=O)N1CCCC1. The number of aromatic nitrogens is 2. The van der Waals surface area contributed by atoms with Gasteiger partial charge in [-0.1, -0.05) is 12.1 Å². The van der Waals surface area contributed by atoms with Gasteiger partial charge in [0.15, 0.2) is 0 Å². The summed E-state index contributed by atoms with van der Waals surface area (Å²) in [6, 6.07) is 8.09. The molecule has 0 saturated carbocycles. The predicted molar refractivity (Wildman–Crippen MR) is 74.9 cm³/mol. The Labute approximate surface area is 113 Å². The molecule has 2 aromatic rings. The summed E-state index contributed by atoms with van der Waals surface area (Å²) in [6.07, 6.45) is 2.87. The molecule has 19 heavy (non-hydrogen) atoms. The van der Waals surface area contributed by atoms with Gasteiger partial charge in [-0.2, -0.15) is 0 Å². The van der Waals surface area contributed by atoms with Crippen molar-refractivity contribution >= 4 is 16.9 Å². The lowest BCUT2D eigenvalue weighted by Crippen LogP contribution is -2.28. The molecule has 4 heteroatoms. The highest BCUT2D eigenvalue weighted by atomic mass is 16.2. The minimum Gasteiger partial charge on any atom is -0.343 e. The normalized spacial score (nSPS) is 15.3. The van der Waals surface area contributed by atoms with Gasteiger partial charge >= 0.3 is 0 Å². The molecule has 3 rings (SSSR count). The standard InChI is InChI=1S/C15H19N3O/c1-12-16-13-6-2-3-7-14(13)18(12)11-8-15(19)17-9-4-5-10-17/h2-3,6-7H,4-5,8-11H2,1H3. The van der Waals surface area contributed by atoms with Crippen molar-refractivity contribution in [2.75, 3.05) is 13.1 Å². The number of aryl methyl sites for hydroxylation is 2. The molecule has 0 radical (unpaired) electrons. The Hall–Kier alpha value is -1.84. The lowest BCUT2D eigenvalue weighted by molar-refractivity contribution is -0.130. The number of carbonyl (C=O) groups is 1. The first-order valence-electron chi connectivity index (χ1n) is 6.95. The molecule has 1 aliphatic rings. The van der Waals surface area contributed by atoms with Crippen LogP contribution in [0.5, 0.6) is 0 Å². The van der Waals surface area contributed by atoms with Crippen molar-refractivity contribution in [1.82, 2.24) is 14.5 Å². The molecular formula is C15H19N3O. The number of likely N-dealkylation sites (tertiary alicyclic amines) is 1. The van der Waals surface area contributed by atoms with Crippen molar-refractivity contribution in [3.8, 4) is 0 Å². The van der Waals surface area contributed by atoms with Gasteiger partial charge in [-0.25, -0.2) is 4.98 Å². The number of benzene rings is 1. The van der Waals surface area contributed by atoms with Crippen LogP contribution < -0.4 is 0 Å². The molecule has 0 aliphatic carbocycles. The van der Waals surface area contributed by atoms with Gasteiger partial charge in [0.05, 0.1) is 11.0 Å². The van der Waals surface area contributed by atoms with Gasteiger partial charge in [0.1, 0.15) is 5.82 Å². The first-order valence-corrected chi connectivity index (χ1v) is 6.95. The molecule has 1 fully saturated rings. The molecule has 1 aromatic heterocycles. The Kier molecular flexibility index (Phi) is 3.23. The molecule has 100 valence electrons. The van der Waals surface area contributed by atoms with Crippen LogP contribution >= 0.6 is 0 Å². The number of rotatable bonds is 3. The summed E-state index contributed by atoms with van der Waals surface area (Å²) in [5.41, 5.74) is 2.13. The molecule has 0 N–H and O–H groups in total. The van der Waals surface area contributed by atoms with Crippen LogP contribution in [0.3, 0.4) is 0 Å². The summed E-state index contributed by atoms with van der Waals surface area (Å²) in [6.45, 7) is 4.59. The fourth-order valence-electron chi connectivity index (χ4n) is 2.81. The van der Waals surface area contributed by atoms with Gasteiger partial charge in [-0.05, 0) is 31.9 Å². The lowest BCUT2D eigenvalue weighted by atomic mass is 10.3. The van der Waals surface area contributed by atoms with E-state index < -0.39 is 0 Å². The monoisotopic (exact) mass is 257 g/mol. The molecule has 0 bridgehead atoms. The highest BCUT2D eigenvalue weighted by Crippen LogP contribution is 2.16. The molecule has 2 heterocycles. The van der Waals surface area contributed by atoms with Crippen LogP contribution in [0.15, 0.2) is 24.3 Å². The third kappa shape index (κ3) is 2.35. The fourth-order valence-corrected chi connectivity index (χ4v) is 2.81. The third-order valence-corrected chi connectivity index (χ3v) is 3.85. The van der Waals surface area contributed by atoms with E-state index >= 15 is 0 Å². The maximum atomic E-state index is 12.1. The number of amides is 1. The van der Waals surface area contributed by atoms with Crippen LogP contribution in [0.2, 0.25) is 0 Å². The van der Waals surface area contributed by atoms with Crippen molar-refractivity contribution in [1.29, 1.82) is 0 Å². The number of nitrogens with zero attached hydrogens (tertiary/aromatic N) is 3. The van der Waals surface area contributed by atoms with Gasteiger partial charge in [0.25, 0.3) is 0 Å². The van der Waals surface area contributed by atoms with Gasteiger partial charge in [-0.3, -0.25) is 4.79 Å². The molecule has 1 aromatic carbocycles. The molecule has 1 saturated heterocycles. The van der Waals surface area contributed by atoms with Crippen LogP contribution in [-0.2, 0) is 11.3 Å². The molecule has 0 unspecified atom stereocenters. The maximum absolute atomic E-state index is 12.1. The Bertz CT molecular complexity index is 596. The van der Waals surface area contributed by atoms with Crippen LogP contribution in [-0.4, -0.2) is 33.4 Å². The van der Waals surface area contributed by atoms with E-state index in [1.807, 2.05) is 30.0 Å². The van der Waals surface area contributed by atoms with E-state index in [0.717, 1.165) is 49.3 Å². The number of carbonyl (C=O) groups excluding carboxylic acids is 1. The minimum absolute atomic E-state index is 0.273. The number of imidazole rings is 1. The average molecular weight is 257 g/mol. The number of hydrogen-bond donors (Lipinski definition) is 0. The Morgan fingerprint density at radius 3 is 2.79 bits per heavy atom. The van der Waals surface area contributed by atoms with Gasteiger partial charge in [0.2, 0.25) is 5.91 Å². The zero-order chi connectivity index (χ0) is 13.2. The topological polar surface area (TPSA) is 38.1 Å². The summed E-state index contributed by atoms with van der Waals surface area (Å²) < 4.78 is 2.14. The highest BCUT2D eigenvalue weighted by molar-refractivity contribution is 5.78. The van der Waals surface area contributed by atoms with Crippen molar-refractivity contribution in [2.24, 2.45) is 0 Å². The number of fused-ring (bicyclic) bond motifs is 1. The van der Waals surface area contributed by atoms with E-state index in [-0.39, 0.29) is 5.91 Å². The second-order valence-electron chi connectivity index (χ2n) is 5.14. The maximum Gasteiger partial charge on any atom is 0.224 e. The lowest BCUT2D eigenvalue weighted by Gasteiger charge is -2.15. The second-order valence-corrected chi connectivity index (χ2v) is 5.14. The van der Waals surface area contributed by atoms with Crippen LogP contribution in [0.1, 0.15) is 25.1 Å². The third-order valence-electron chi connectivity index (χ3n) is 3.85. The Balaban J connectivity index is 1.74. The van der Waals surface area contributed by atoms with Gasteiger partial charge in [0, 0.05) is 26.1 Å². The van der Waals surface area contributed by atoms with E-state index in [9.17, 15) is 4.79 Å². The van der Waals surface area contributed by atoms with Crippen LogP contribution in [0.25, 0.3) is 11.0 Å². The van der Waals surface area contributed by atoms with E-state index in [0.29, 0.717) is 6.42 Å². The van der Waals surface area contributed by atoms with Crippen LogP contribution in [0, 0.1) is 6.92 Å². The largest absolute Gasteiger partial charge is 0.343 e. The zero-order valence-corrected chi connectivity index (χ0v) is 11.3. The summed E-state index contributed by atoms with van der Waals surface area (Å²) in [5, 5.41) is 0. The quantitative estimate of drug-likeness (QED) is 0.846. The van der Waals surface area contributed by atoms with Crippen molar-refractivity contribution in [3.63, 3.8) is 0 Å². The smallest absolute Gasteiger partial charge is 0.224 e. The van der Waals surface area contributed by atoms with E-state index in [2.05, 4.69) is 15.6 Å². The first kappa shape index (κ1) is 12.2. The summed E-state index contributed by atoms with van der Waals surface area (Å²) >= 11 is 0. The average Bonchev–Trinajstić information content (AvgIpc) is 3.03. The Morgan fingerprint density at radius 1 is 1.26 bits per heavy atom. The number of para-hydroxylation sites is 2. The molecule has 1 amide bonds. The van der Waals surface area contributed by atoms with Crippen LogP contribution in [0.4, 0.5) is 0 Å². The van der Waals surface area contributed by atoms with Gasteiger partial charge in [-0.15, -0.1) is 0 Å². The summed E-state index contributed by atoms with van der Waals surface area (Å²) in [5.74, 6) is 1.25. The molecule has 4 nitrogen and oxygen atoms in total. The number of hydrogen-bond acceptors (Lipinski definition) is 2. The van der Waals surface area contributed by atoms with E-state index in [4.69, 9.17) is 0 Å². The molecule has 1 aliphatic heterocycles. The molecular weight excluding hydrogens is 238 g/mol. The Morgan fingerprint density at radius 2 is 2.00 bits per heavy atom. The van der Waals surface area contributed by atoms with Crippen molar-refractivity contribution in [3.05, 3.63) is 30.1 Å². The second kappa shape index (κ2) is 5.03. The van der Waals surface area contributed by atoms with E-state index in [1.165, 1.54) is 0 Å². The minimum atomic E-state index is 0.273. The summed E-state index contributed by atoms with van der Waals surface area (Å²) in [7, 11) is 0. The molecule has 0 atom stereocenters. The van der Waals surface area contributed by atoms with Gasteiger partial charge < -0.3 is 9.47 Å². The highest BCUT2D eigenvalue weighted by Gasteiger charge is 2.18. The fraction of sp³-hybridized carbons (Fsp3) is 0.467. The van der Waals surface area contributed by atoms with Crippen molar-refractivity contribution in [2.45, 2.75) is 32.7 Å². The first-order chi connectivity index (χ1) is 9.25. The predicted octanol–water partition coefficient (Wildman–Crippen LogP) is 2.36. The molecule has 0 spiro atoms. The summed E-state index contributed by atoms with van der Waals surface area (Å²) in [4.78, 5) is 18.6. The van der Waals surface area contributed by atoms with Crippen molar-refractivity contribution < 1.29 is 4.79 Å².